The van der Waals surface area contributed by atoms with Crippen molar-refractivity contribution >= 4 is 11.6 Å². The Morgan fingerprint density at radius 1 is 1.29 bits per heavy atom. The van der Waals surface area contributed by atoms with E-state index in [1.54, 1.807) is 6.20 Å². The summed E-state index contributed by atoms with van der Waals surface area (Å²) in [6, 6.07) is 0. The molecule has 0 unspecified atom stereocenters. The van der Waals surface area contributed by atoms with Gasteiger partial charge in [-0.1, -0.05) is 18.5 Å². The van der Waals surface area contributed by atoms with Crippen molar-refractivity contribution in [3.63, 3.8) is 0 Å². The highest BCUT2D eigenvalue weighted by atomic mass is 35.5. The van der Waals surface area contributed by atoms with E-state index >= 15 is 0 Å². The lowest BCUT2D eigenvalue weighted by Gasteiger charge is -2.30. The third-order valence-corrected chi connectivity index (χ3v) is 2.72. The van der Waals surface area contributed by atoms with E-state index < -0.39 is 5.41 Å². The van der Waals surface area contributed by atoms with Crippen LogP contribution in [0.1, 0.15) is 12.6 Å². The molecule has 0 aliphatic heterocycles. The molecule has 0 bridgehead atoms. The largest absolute Gasteiger partial charge is 0.396 e. The van der Waals surface area contributed by atoms with Crippen molar-refractivity contribution in [2.24, 2.45) is 5.41 Å². The van der Waals surface area contributed by atoms with Crippen molar-refractivity contribution < 1.29 is 10.2 Å². The first-order valence-corrected chi connectivity index (χ1v) is 5.73. The molecule has 96 valence electrons. The predicted octanol–water partition coefficient (Wildman–Crippen LogP) is 0.553. The molecule has 0 spiro atoms. The average Bonchev–Trinajstić information content (AvgIpc) is 2.32. The van der Waals surface area contributed by atoms with Gasteiger partial charge in [0, 0.05) is 18.5 Å². The summed E-state index contributed by atoms with van der Waals surface area (Å²) in [5, 5.41) is 18.8. The maximum atomic E-state index is 9.20. The third kappa shape index (κ3) is 4.55. The molecular formula is C11H18ClN3O2. The topological polar surface area (TPSA) is 69.5 Å². The summed E-state index contributed by atoms with van der Waals surface area (Å²) in [6.07, 6.45) is 3.12. The smallest absolute Gasteiger partial charge is 0.147 e. The van der Waals surface area contributed by atoms with Crippen LogP contribution in [0.4, 0.5) is 0 Å². The Labute approximate surface area is 106 Å². The fraction of sp³-hybridized carbons (Fsp3) is 0.636. The number of aliphatic hydroxyl groups excluding tert-OH is 2. The molecule has 0 fully saturated rings. The Morgan fingerprint density at radius 3 is 2.41 bits per heavy atom. The highest BCUT2D eigenvalue weighted by Gasteiger charge is 2.24. The summed E-state index contributed by atoms with van der Waals surface area (Å²) >= 11 is 5.65. The maximum absolute atomic E-state index is 9.20. The van der Waals surface area contributed by atoms with Gasteiger partial charge >= 0.3 is 0 Å². The van der Waals surface area contributed by atoms with Gasteiger partial charge in [-0.3, -0.25) is 9.88 Å². The van der Waals surface area contributed by atoms with E-state index in [4.69, 9.17) is 11.6 Å². The summed E-state index contributed by atoms with van der Waals surface area (Å²) in [5.74, 6) is 0. The average molecular weight is 260 g/mol. The molecule has 0 amide bonds. The molecule has 1 aromatic heterocycles. The monoisotopic (exact) mass is 259 g/mol. The number of hydrogen-bond acceptors (Lipinski definition) is 5. The van der Waals surface area contributed by atoms with Crippen molar-refractivity contribution in [1.82, 2.24) is 14.9 Å². The fourth-order valence-corrected chi connectivity index (χ4v) is 1.65. The molecule has 1 rings (SSSR count). The van der Waals surface area contributed by atoms with E-state index in [0.717, 1.165) is 5.69 Å². The van der Waals surface area contributed by atoms with Gasteiger partial charge in [-0.25, -0.2) is 4.98 Å². The molecule has 0 aliphatic carbocycles. The van der Waals surface area contributed by atoms with Crippen LogP contribution in [0.5, 0.6) is 0 Å². The first kappa shape index (κ1) is 14.3. The Kier molecular flexibility index (Phi) is 5.27. The molecule has 0 saturated carbocycles. The standard InChI is InChI=1S/C11H18ClN3O2/c1-11(7-16,8-17)6-15(2)5-9-3-14-10(12)4-13-9/h3-4,16-17H,5-8H2,1-2H3. The van der Waals surface area contributed by atoms with Crippen molar-refractivity contribution in [3.8, 4) is 0 Å². The summed E-state index contributed by atoms with van der Waals surface area (Å²) in [4.78, 5) is 10.1. The van der Waals surface area contributed by atoms with Gasteiger partial charge in [0.05, 0.1) is 31.3 Å². The van der Waals surface area contributed by atoms with Crippen LogP contribution in [0.15, 0.2) is 12.4 Å². The van der Waals surface area contributed by atoms with E-state index in [0.29, 0.717) is 18.2 Å². The molecule has 0 aliphatic rings. The van der Waals surface area contributed by atoms with Crippen LogP contribution in [0, 0.1) is 5.41 Å². The lowest BCUT2D eigenvalue weighted by molar-refractivity contribution is 0.0399. The zero-order valence-corrected chi connectivity index (χ0v) is 10.9. The van der Waals surface area contributed by atoms with E-state index in [9.17, 15) is 10.2 Å². The molecule has 17 heavy (non-hydrogen) atoms. The van der Waals surface area contributed by atoms with E-state index in [1.807, 2.05) is 18.9 Å². The SMILES string of the molecule is CN(Cc1cnc(Cl)cn1)CC(C)(CO)CO. The van der Waals surface area contributed by atoms with Crippen LogP contribution in [0.25, 0.3) is 0 Å². The van der Waals surface area contributed by atoms with Gasteiger partial charge in [0.15, 0.2) is 0 Å². The predicted molar refractivity (Wildman–Crippen MR) is 65.7 cm³/mol. The Morgan fingerprint density at radius 2 is 1.94 bits per heavy atom. The normalized spacial score (nSPS) is 12.1. The van der Waals surface area contributed by atoms with Crippen LogP contribution in [-0.2, 0) is 6.54 Å². The molecule has 1 aromatic rings. The summed E-state index contributed by atoms with van der Waals surface area (Å²) in [7, 11) is 1.90. The van der Waals surface area contributed by atoms with Crippen LogP contribution in [0.3, 0.4) is 0 Å². The number of aliphatic hydroxyl groups is 2. The summed E-state index contributed by atoms with van der Waals surface area (Å²) in [6.45, 7) is 2.89. The molecule has 1 heterocycles. The third-order valence-electron chi connectivity index (χ3n) is 2.52. The molecule has 0 saturated heterocycles. The summed E-state index contributed by atoms with van der Waals surface area (Å²) in [5.41, 5.74) is 0.296. The molecule has 0 aromatic carbocycles. The van der Waals surface area contributed by atoms with Crippen molar-refractivity contribution in [1.29, 1.82) is 0 Å². The zero-order chi connectivity index (χ0) is 12.9. The lowest BCUT2D eigenvalue weighted by Crippen LogP contribution is -2.38. The number of aromatic nitrogens is 2. The van der Waals surface area contributed by atoms with Crippen LogP contribution >= 0.6 is 11.6 Å². The first-order valence-electron chi connectivity index (χ1n) is 5.36. The van der Waals surface area contributed by atoms with E-state index in [1.165, 1.54) is 6.20 Å². The van der Waals surface area contributed by atoms with Gasteiger partial charge < -0.3 is 10.2 Å². The second-order valence-electron chi connectivity index (χ2n) is 4.63. The summed E-state index contributed by atoms with van der Waals surface area (Å²) < 4.78 is 0. The quantitative estimate of drug-likeness (QED) is 0.781. The number of nitrogens with zero attached hydrogens (tertiary/aromatic N) is 3. The minimum absolute atomic E-state index is 0.0554. The second-order valence-corrected chi connectivity index (χ2v) is 5.02. The number of halogens is 1. The van der Waals surface area contributed by atoms with Gasteiger partial charge in [-0.05, 0) is 7.05 Å². The number of hydrogen-bond donors (Lipinski definition) is 2. The highest BCUT2D eigenvalue weighted by molar-refractivity contribution is 6.29. The lowest BCUT2D eigenvalue weighted by atomic mass is 9.92. The second kappa shape index (κ2) is 6.26. The maximum Gasteiger partial charge on any atom is 0.147 e. The Balaban J connectivity index is 2.54. The van der Waals surface area contributed by atoms with E-state index in [2.05, 4.69) is 9.97 Å². The zero-order valence-electron chi connectivity index (χ0n) is 10.1. The molecule has 0 atom stereocenters. The van der Waals surface area contributed by atoms with Crippen LogP contribution < -0.4 is 0 Å². The van der Waals surface area contributed by atoms with Crippen molar-refractivity contribution in [2.45, 2.75) is 13.5 Å². The Hall–Kier alpha value is -0.750. The minimum atomic E-state index is -0.505. The molecule has 5 nitrogen and oxygen atoms in total. The van der Waals surface area contributed by atoms with Crippen LogP contribution in [0.2, 0.25) is 5.15 Å². The van der Waals surface area contributed by atoms with Gasteiger partial charge in [0.1, 0.15) is 5.15 Å². The van der Waals surface area contributed by atoms with Crippen molar-refractivity contribution in [2.75, 3.05) is 26.8 Å². The first-order chi connectivity index (χ1) is 7.99. The van der Waals surface area contributed by atoms with Gasteiger partial charge in [0.25, 0.3) is 0 Å². The molecule has 2 N–H and O–H groups in total. The van der Waals surface area contributed by atoms with Gasteiger partial charge in [-0.15, -0.1) is 0 Å². The fourth-order valence-electron chi connectivity index (χ4n) is 1.55. The van der Waals surface area contributed by atoms with Crippen LogP contribution in [-0.4, -0.2) is 51.9 Å². The van der Waals surface area contributed by atoms with Crippen molar-refractivity contribution in [3.05, 3.63) is 23.2 Å². The molecular weight excluding hydrogens is 242 g/mol. The number of rotatable bonds is 6. The molecule has 6 heteroatoms. The van der Waals surface area contributed by atoms with Gasteiger partial charge in [-0.2, -0.15) is 0 Å². The molecule has 0 radical (unpaired) electrons. The highest BCUT2D eigenvalue weighted by Crippen LogP contribution is 2.16. The van der Waals surface area contributed by atoms with Gasteiger partial charge in [0.2, 0.25) is 0 Å². The Bertz CT molecular complexity index is 341. The minimum Gasteiger partial charge on any atom is -0.396 e. The van der Waals surface area contributed by atoms with E-state index in [-0.39, 0.29) is 13.2 Å².